The molecule has 1 aliphatic rings. The largest absolute Gasteiger partial charge is 0.494 e. The van der Waals surface area contributed by atoms with Crippen molar-refractivity contribution in [3.05, 3.63) is 10.9 Å². The van der Waals surface area contributed by atoms with Crippen LogP contribution in [0.4, 0.5) is 0 Å². The highest BCUT2D eigenvalue weighted by Gasteiger charge is 2.34. The van der Waals surface area contributed by atoms with E-state index in [4.69, 9.17) is 10.5 Å². The van der Waals surface area contributed by atoms with Crippen LogP contribution in [0.1, 0.15) is 22.5 Å². The Bertz CT molecular complexity index is 631. The molecule has 22 heavy (non-hydrogen) atoms. The van der Waals surface area contributed by atoms with Crippen molar-refractivity contribution in [1.82, 2.24) is 4.31 Å². The van der Waals surface area contributed by atoms with Crippen molar-refractivity contribution in [2.45, 2.75) is 23.1 Å². The quantitative estimate of drug-likeness (QED) is 0.796. The third kappa shape index (κ3) is 3.72. The molecule has 2 heterocycles. The lowest BCUT2D eigenvalue weighted by atomic mass is 10.1. The van der Waals surface area contributed by atoms with E-state index < -0.39 is 16.0 Å². The van der Waals surface area contributed by atoms with E-state index in [0.29, 0.717) is 6.54 Å². The van der Waals surface area contributed by atoms with Gasteiger partial charge in [0.1, 0.15) is 4.88 Å². The second kappa shape index (κ2) is 7.60. The number of piperidine rings is 1. The lowest BCUT2D eigenvalue weighted by molar-refractivity contribution is 0.0606. The molecule has 1 aromatic rings. The molecule has 1 atom stereocenters. The van der Waals surface area contributed by atoms with Gasteiger partial charge in [-0.25, -0.2) is 13.2 Å². The summed E-state index contributed by atoms with van der Waals surface area (Å²) in [5, 5.41) is 0. The maximum Gasteiger partial charge on any atom is 0.348 e. The maximum atomic E-state index is 12.7. The summed E-state index contributed by atoms with van der Waals surface area (Å²) in [4.78, 5) is 11.7. The van der Waals surface area contributed by atoms with Gasteiger partial charge in [-0.05, 0) is 12.8 Å². The number of rotatable bonds is 4. The SMILES string of the molecule is COC(=O)c1cc(OC)c(S(=O)(=O)N2CCCC(N)C2)s1.Cl. The fraction of sp³-hybridized carbons (Fsp3) is 0.583. The molecule has 2 N–H and O–H groups in total. The van der Waals surface area contributed by atoms with E-state index in [2.05, 4.69) is 4.74 Å². The van der Waals surface area contributed by atoms with Crippen molar-refractivity contribution in [2.24, 2.45) is 5.73 Å². The molecule has 1 fully saturated rings. The van der Waals surface area contributed by atoms with Gasteiger partial charge < -0.3 is 15.2 Å². The average molecular weight is 371 g/mol. The van der Waals surface area contributed by atoms with Gasteiger partial charge >= 0.3 is 5.97 Å². The van der Waals surface area contributed by atoms with E-state index in [0.717, 1.165) is 24.2 Å². The fourth-order valence-corrected chi connectivity index (χ4v) is 5.36. The van der Waals surface area contributed by atoms with Crippen LogP contribution in [0.2, 0.25) is 0 Å². The van der Waals surface area contributed by atoms with Crippen LogP contribution in [-0.2, 0) is 14.8 Å². The maximum absolute atomic E-state index is 12.7. The molecule has 10 heteroatoms. The summed E-state index contributed by atoms with van der Waals surface area (Å²) in [6.45, 7) is 0.696. The Kier molecular flexibility index (Phi) is 6.63. The molecule has 1 unspecified atom stereocenters. The molecule has 0 saturated carbocycles. The smallest absolute Gasteiger partial charge is 0.348 e. The first kappa shape index (κ1) is 19.2. The number of ether oxygens (including phenoxy) is 2. The lowest BCUT2D eigenvalue weighted by Crippen LogP contribution is -2.45. The van der Waals surface area contributed by atoms with Gasteiger partial charge in [-0.2, -0.15) is 4.31 Å². The molecule has 126 valence electrons. The minimum atomic E-state index is -3.72. The third-order valence-corrected chi connectivity index (χ3v) is 6.72. The Labute approximate surface area is 139 Å². The second-order valence-corrected chi connectivity index (χ2v) is 7.91. The van der Waals surface area contributed by atoms with E-state index in [1.807, 2.05) is 0 Å². The molecule has 0 spiro atoms. The molecular formula is C12H19ClN2O5S2. The van der Waals surface area contributed by atoms with Crippen LogP contribution in [0.15, 0.2) is 10.3 Å². The van der Waals surface area contributed by atoms with Gasteiger partial charge in [0.25, 0.3) is 10.0 Å². The molecule has 0 aromatic carbocycles. The Balaban J connectivity index is 0.00000242. The van der Waals surface area contributed by atoms with Crippen molar-refractivity contribution in [3.8, 4) is 5.75 Å². The number of hydrogen-bond acceptors (Lipinski definition) is 7. The monoisotopic (exact) mass is 370 g/mol. The first-order valence-electron chi connectivity index (χ1n) is 6.42. The van der Waals surface area contributed by atoms with E-state index in [9.17, 15) is 13.2 Å². The number of nitrogens with two attached hydrogens (primary N) is 1. The molecule has 1 saturated heterocycles. The normalized spacial score (nSPS) is 19.3. The van der Waals surface area contributed by atoms with Gasteiger partial charge in [-0.3, -0.25) is 0 Å². The van der Waals surface area contributed by atoms with Gasteiger partial charge in [-0.1, -0.05) is 0 Å². The molecule has 0 radical (unpaired) electrons. The zero-order valence-electron chi connectivity index (χ0n) is 12.3. The highest BCUT2D eigenvalue weighted by molar-refractivity contribution is 7.91. The molecule has 0 amide bonds. The van der Waals surface area contributed by atoms with Gasteiger partial charge in [0.05, 0.1) is 14.2 Å². The number of esters is 1. The number of hydrogen-bond donors (Lipinski definition) is 1. The summed E-state index contributed by atoms with van der Waals surface area (Å²) in [7, 11) is -1.11. The number of carbonyl (C=O) groups excluding carboxylic acids is 1. The van der Waals surface area contributed by atoms with E-state index in [-0.39, 0.29) is 39.8 Å². The summed E-state index contributed by atoms with van der Waals surface area (Å²) in [6.07, 6.45) is 1.53. The van der Waals surface area contributed by atoms with Gasteiger partial charge in [0, 0.05) is 25.2 Å². The van der Waals surface area contributed by atoms with Crippen molar-refractivity contribution in [1.29, 1.82) is 0 Å². The van der Waals surface area contributed by atoms with Crippen LogP contribution in [0.5, 0.6) is 5.75 Å². The fourth-order valence-electron chi connectivity index (χ4n) is 2.19. The topological polar surface area (TPSA) is 98.9 Å². The van der Waals surface area contributed by atoms with Crippen LogP contribution < -0.4 is 10.5 Å². The third-order valence-electron chi connectivity index (χ3n) is 3.27. The minimum absolute atomic E-state index is 0. The van der Waals surface area contributed by atoms with Crippen molar-refractivity contribution >= 4 is 39.7 Å². The van der Waals surface area contributed by atoms with Crippen LogP contribution in [0.3, 0.4) is 0 Å². The first-order valence-corrected chi connectivity index (χ1v) is 8.67. The summed E-state index contributed by atoms with van der Waals surface area (Å²) >= 11 is 0.849. The van der Waals surface area contributed by atoms with Gasteiger partial charge in [0.15, 0.2) is 9.96 Å². The molecule has 0 aliphatic carbocycles. The summed E-state index contributed by atoms with van der Waals surface area (Å²) in [5.74, 6) is -0.436. The minimum Gasteiger partial charge on any atom is -0.494 e. The second-order valence-electron chi connectivity index (χ2n) is 4.72. The zero-order valence-corrected chi connectivity index (χ0v) is 14.7. The van der Waals surface area contributed by atoms with Gasteiger partial charge in [-0.15, -0.1) is 23.7 Å². The van der Waals surface area contributed by atoms with E-state index in [1.165, 1.54) is 24.6 Å². The Morgan fingerprint density at radius 3 is 2.68 bits per heavy atom. The lowest BCUT2D eigenvalue weighted by Gasteiger charge is -2.29. The number of thiophene rings is 1. The van der Waals surface area contributed by atoms with E-state index >= 15 is 0 Å². The van der Waals surface area contributed by atoms with Crippen molar-refractivity contribution in [3.63, 3.8) is 0 Å². The van der Waals surface area contributed by atoms with Crippen LogP contribution in [-0.4, -0.2) is 52.0 Å². The number of nitrogens with zero attached hydrogens (tertiary/aromatic N) is 1. The Morgan fingerprint density at radius 1 is 1.45 bits per heavy atom. The molecule has 1 aromatic heterocycles. The van der Waals surface area contributed by atoms with Crippen LogP contribution in [0, 0.1) is 0 Å². The summed E-state index contributed by atoms with van der Waals surface area (Å²) in [6, 6.07) is 1.22. The Morgan fingerprint density at radius 2 is 2.14 bits per heavy atom. The highest BCUT2D eigenvalue weighted by Crippen LogP contribution is 2.36. The number of carbonyl (C=O) groups is 1. The Hall–Kier alpha value is -0.870. The number of methoxy groups -OCH3 is 2. The molecule has 1 aliphatic heterocycles. The van der Waals surface area contributed by atoms with Crippen molar-refractivity contribution in [2.75, 3.05) is 27.3 Å². The molecule has 7 nitrogen and oxygen atoms in total. The van der Waals surface area contributed by atoms with Crippen molar-refractivity contribution < 1.29 is 22.7 Å². The van der Waals surface area contributed by atoms with E-state index in [1.54, 1.807) is 0 Å². The molecular weight excluding hydrogens is 352 g/mol. The zero-order chi connectivity index (χ0) is 15.6. The predicted octanol–water partition coefficient (Wildman–Crippen LogP) is 1.08. The van der Waals surface area contributed by atoms with Crippen LogP contribution >= 0.6 is 23.7 Å². The summed E-state index contributed by atoms with van der Waals surface area (Å²) in [5.41, 5.74) is 5.84. The standard InChI is InChI=1S/C12H18N2O5S2.ClH/c1-18-9-6-10(11(15)19-2)20-12(9)21(16,17)14-5-3-4-8(13)7-14;/h6,8H,3-5,7,13H2,1-2H3;1H. The number of sulfonamides is 1. The van der Waals surface area contributed by atoms with Crippen LogP contribution in [0.25, 0.3) is 0 Å². The molecule has 0 bridgehead atoms. The molecule has 2 rings (SSSR count). The highest BCUT2D eigenvalue weighted by atomic mass is 35.5. The first-order chi connectivity index (χ1) is 9.90. The number of halogens is 1. The average Bonchev–Trinajstić information content (AvgIpc) is 2.91. The summed E-state index contributed by atoms with van der Waals surface area (Å²) < 4.78 is 36.4. The predicted molar refractivity (Wildman–Crippen MR) is 85.4 cm³/mol. The van der Waals surface area contributed by atoms with Gasteiger partial charge in [0.2, 0.25) is 0 Å².